The Morgan fingerprint density at radius 1 is 0.348 bits per heavy atom. The number of aliphatic carboxylic acids is 1. The molecule has 0 aromatic heterocycles. The van der Waals surface area contributed by atoms with Crippen LogP contribution >= 0.6 is 0 Å². The Bertz CT molecular complexity index is 1790. The van der Waals surface area contributed by atoms with Gasteiger partial charge in [-0.3, -0.25) is 9.59 Å². The Morgan fingerprint density at radius 2 is 0.640 bits per heavy atom. The van der Waals surface area contributed by atoms with E-state index in [1.807, 2.05) is 21.1 Å². The third-order valence-electron chi connectivity index (χ3n) is 16.3. The second-order valence-corrected chi connectivity index (χ2v) is 26.2. The highest BCUT2D eigenvalue weighted by molar-refractivity contribution is 5.71. The van der Waals surface area contributed by atoms with E-state index in [0.717, 1.165) is 83.5 Å². The third kappa shape index (κ3) is 71.5. The van der Waals surface area contributed by atoms with E-state index in [1.54, 1.807) is 0 Å². The summed E-state index contributed by atoms with van der Waals surface area (Å²) < 4.78 is 23.0. The van der Waals surface area contributed by atoms with Gasteiger partial charge >= 0.3 is 17.9 Å². The average molecular weight is 1250 g/mol. The van der Waals surface area contributed by atoms with E-state index >= 15 is 0 Å². The Morgan fingerprint density at radius 3 is 0.955 bits per heavy atom. The summed E-state index contributed by atoms with van der Waals surface area (Å²) in [5.41, 5.74) is 0. The van der Waals surface area contributed by atoms with Gasteiger partial charge in [0.15, 0.2) is 6.10 Å². The number of quaternary nitrogens is 1. The molecule has 0 aliphatic heterocycles. The summed E-state index contributed by atoms with van der Waals surface area (Å²) in [6, 6.07) is 0. The van der Waals surface area contributed by atoms with Crippen molar-refractivity contribution in [3.05, 3.63) is 97.2 Å². The number of carbonyl (C=O) groups excluding carboxylic acids is 2. The van der Waals surface area contributed by atoms with Crippen molar-refractivity contribution in [2.24, 2.45) is 0 Å². The van der Waals surface area contributed by atoms with Crippen molar-refractivity contribution in [2.75, 3.05) is 47.5 Å². The minimum Gasteiger partial charge on any atom is -0.477 e. The molecule has 2 unspecified atom stereocenters. The summed E-state index contributed by atoms with van der Waals surface area (Å²) in [4.78, 5) is 37.7. The van der Waals surface area contributed by atoms with Crippen molar-refractivity contribution >= 4 is 17.9 Å². The van der Waals surface area contributed by atoms with Crippen LogP contribution in [0.5, 0.6) is 0 Å². The standard InChI is InChI=1S/C80H141NO8/c1-6-8-10-12-14-16-18-20-22-24-26-28-30-32-34-35-36-37-38-39-40-41-42-43-45-46-48-50-52-54-56-58-60-62-64-66-68-70-77(82)87-74-76(75-88-80(79(84)85)86-73-72-81(3,4)5)89-78(83)71-69-67-65-63-61-59-57-55-53-51-49-47-44-33-31-29-27-25-23-21-19-17-15-13-11-9-7-2/h9,11,15,17-18,20-21,23-24,26-27,29-30,32-33,44,76,80H,6-8,10,12-14,16,19,22,25,28,31,34-43,45-75H2,1-5H3/p+1/b11-9-,17-15-,20-18-,23-21-,26-24-,29-27-,32-30-,44-33-. The van der Waals surface area contributed by atoms with Crippen molar-refractivity contribution in [3.8, 4) is 0 Å². The molecule has 0 aromatic rings. The molecular formula is C80H142NO8+. The van der Waals surface area contributed by atoms with Crippen molar-refractivity contribution in [1.29, 1.82) is 0 Å². The first-order valence-corrected chi connectivity index (χ1v) is 37.4. The van der Waals surface area contributed by atoms with Gasteiger partial charge in [-0.25, -0.2) is 4.79 Å². The molecule has 514 valence electrons. The Hall–Kier alpha value is -3.79. The summed E-state index contributed by atoms with van der Waals surface area (Å²) in [7, 11) is 5.98. The zero-order valence-corrected chi connectivity index (χ0v) is 58.8. The molecule has 9 nitrogen and oxygen atoms in total. The quantitative estimate of drug-likeness (QED) is 0.0211. The van der Waals surface area contributed by atoms with Crippen LogP contribution in [0, 0.1) is 0 Å². The highest BCUT2D eigenvalue weighted by Gasteiger charge is 2.25. The predicted octanol–water partition coefficient (Wildman–Crippen LogP) is 23.6. The number of nitrogens with zero attached hydrogens (tertiary/aromatic N) is 1. The van der Waals surface area contributed by atoms with Gasteiger partial charge < -0.3 is 28.5 Å². The number of unbranched alkanes of at least 4 members (excludes halogenated alkanes) is 38. The topological polar surface area (TPSA) is 108 Å². The monoisotopic (exact) mass is 1250 g/mol. The van der Waals surface area contributed by atoms with Gasteiger partial charge in [0, 0.05) is 12.8 Å². The number of allylic oxidation sites excluding steroid dienone is 16. The normalized spacial score (nSPS) is 13.2. The fourth-order valence-corrected chi connectivity index (χ4v) is 10.6. The molecule has 0 aliphatic rings. The maximum atomic E-state index is 13.0. The van der Waals surface area contributed by atoms with Gasteiger partial charge in [-0.2, -0.15) is 0 Å². The van der Waals surface area contributed by atoms with Crippen LogP contribution in [0.3, 0.4) is 0 Å². The number of hydrogen-bond donors (Lipinski definition) is 1. The minimum absolute atomic E-state index is 0.184. The SMILES string of the molecule is CC/C=C\C/C=C\C/C=C\C/C=C\C/C=C\CCCCCCCCCCCCCC(=O)OC(COC(=O)CCCCCCCCCCCCCCCCCCCCCCCC/C=C\C/C=C\C/C=C\CCCCCCC)COC(OCC[N+](C)(C)C)C(=O)O. The number of carboxylic acid groups (broad SMARTS) is 1. The zero-order chi connectivity index (χ0) is 64.7. The fraction of sp³-hybridized carbons (Fsp3) is 0.762. The molecule has 0 amide bonds. The van der Waals surface area contributed by atoms with Crippen LogP contribution in [-0.2, 0) is 33.3 Å². The van der Waals surface area contributed by atoms with E-state index in [4.69, 9.17) is 18.9 Å². The molecular weight excluding hydrogens is 1100 g/mol. The third-order valence-corrected chi connectivity index (χ3v) is 16.3. The Kier molecular flexibility index (Phi) is 67.1. The summed E-state index contributed by atoms with van der Waals surface area (Å²) in [6.07, 6.45) is 94.0. The number of ether oxygens (including phenoxy) is 4. The first kappa shape index (κ1) is 85.2. The van der Waals surface area contributed by atoms with E-state index in [9.17, 15) is 19.5 Å². The second-order valence-electron chi connectivity index (χ2n) is 26.2. The first-order chi connectivity index (χ1) is 43.6. The molecule has 0 saturated carbocycles. The molecule has 0 spiro atoms. The van der Waals surface area contributed by atoms with Crippen LogP contribution in [0.4, 0.5) is 0 Å². The molecule has 0 saturated heterocycles. The van der Waals surface area contributed by atoms with Crippen LogP contribution in [0.1, 0.15) is 335 Å². The molecule has 0 rings (SSSR count). The lowest BCUT2D eigenvalue weighted by Gasteiger charge is -2.25. The van der Waals surface area contributed by atoms with Crippen LogP contribution in [0.2, 0.25) is 0 Å². The summed E-state index contributed by atoms with van der Waals surface area (Å²) >= 11 is 0. The minimum atomic E-state index is -1.52. The molecule has 0 radical (unpaired) electrons. The highest BCUT2D eigenvalue weighted by atomic mass is 16.7. The summed E-state index contributed by atoms with van der Waals surface area (Å²) in [5, 5.41) is 9.76. The maximum Gasteiger partial charge on any atom is 0.361 e. The largest absolute Gasteiger partial charge is 0.477 e. The number of hydrogen-bond acceptors (Lipinski definition) is 7. The predicted molar refractivity (Wildman–Crippen MR) is 382 cm³/mol. The number of likely N-dealkylation sites (N-methyl/N-ethyl adjacent to an activating group) is 1. The maximum absolute atomic E-state index is 13.0. The number of carbonyl (C=O) groups is 3. The van der Waals surface area contributed by atoms with E-state index in [1.165, 1.54) is 218 Å². The van der Waals surface area contributed by atoms with Gasteiger partial charge in [0.2, 0.25) is 0 Å². The van der Waals surface area contributed by atoms with Crippen molar-refractivity contribution in [3.63, 3.8) is 0 Å². The van der Waals surface area contributed by atoms with Crippen molar-refractivity contribution < 1.29 is 42.9 Å². The van der Waals surface area contributed by atoms with Crippen LogP contribution in [0.15, 0.2) is 97.2 Å². The zero-order valence-electron chi connectivity index (χ0n) is 58.8. The lowest BCUT2D eigenvalue weighted by Crippen LogP contribution is -2.40. The Labute approximate surface area is 550 Å². The smallest absolute Gasteiger partial charge is 0.361 e. The fourth-order valence-electron chi connectivity index (χ4n) is 10.6. The average Bonchev–Trinajstić information content (AvgIpc) is 3.64. The Balaban J connectivity index is 4.04. The highest BCUT2D eigenvalue weighted by Crippen LogP contribution is 2.18. The van der Waals surface area contributed by atoms with Crippen molar-refractivity contribution in [1.82, 2.24) is 0 Å². The molecule has 0 aromatic carbocycles. The van der Waals surface area contributed by atoms with Crippen LogP contribution in [0.25, 0.3) is 0 Å². The molecule has 9 heteroatoms. The van der Waals surface area contributed by atoms with Crippen LogP contribution < -0.4 is 0 Å². The summed E-state index contributed by atoms with van der Waals surface area (Å²) in [5.74, 6) is -2.00. The number of esters is 2. The van der Waals surface area contributed by atoms with E-state index < -0.39 is 24.3 Å². The van der Waals surface area contributed by atoms with Crippen LogP contribution in [-0.4, -0.2) is 87.4 Å². The van der Waals surface area contributed by atoms with Crippen molar-refractivity contribution in [2.45, 2.75) is 347 Å². The van der Waals surface area contributed by atoms with E-state index in [-0.39, 0.29) is 32.2 Å². The number of rotatable bonds is 69. The second kappa shape index (κ2) is 70.1. The molecule has 0 aliphatic carbocycles. The molecule has 1 N–H and O–H groups in total. The summed E-state index contributed by atoms with van der Waals surface area (Å²) in [6.45, 7) is 4.78. The molecule has 0 fully saturated rings. The van der Waals surface area contributed by atoms with E-state index in [0.29, 0.717) is 23.9 Å². The molecule has 2 atom stereocenters. The van der Waals surface area contributed by atoms with Gasteiger partial charge in [-0.05, 0) is 96.3 Å². The molecule has 0 bridgehead atoms. The van der Waals surface area contributed by atoms with Gasteiger partial charge in [-0.15, -0.1) is 0 Å². The van der Waals surface area contributed by atoms with E-state index in [2.05, 4.69) is 111 Å². The van der Waals surface area contributed by atoms with Gasteiger partial charge in [0.1, 0.15) is 13.2 Å². The van der Waals surface area contributed by atoms with Gasteiger partial charge in [0.25, 0.3) is 6.29 Å². The molecule has 0 heterocycles. The first-order valence-electron chi connectivity index (χ1n) is 37.4. The molecule has 89 heavy (non-hydrogen) atoms. The lowest BCUT2D eigenvalue weighted by molar-refractivity contribution is -0.870. The number of carboxylic acids is 1. The van der Waals surface area contributed by atoms with Gasteiger partial charge in [0.05, 0.1) is 34.4 Å². The lowest BCUT2D eigenvalue weighted by atomic mass is 10.0. The van der Waals surface area contributed by atoms with Gasteiger partial charge in [-0.1, -0.05) is 323 Å².